The molecule has 3 rings (SSSR count). The van der Waals surface area contributed by atoms with Crippen molar-refractivity contribution in [3.8, 4) is 0 Å². The van der Waals surface area contributed by atoms with Crippen molar-refractivity contribution in [2.75, 3.05) is 37.8 Å². The van der Waals surface area contributed by atoms with Crippen molar-refractivity contribution < 1.29 is 4.79 Å². The van der Waals surface area contributed by atoms with Gasteiger partial charge in [0, 0.05) is 23.5 Å². The van der Waals surface area contributed by atoms with E-state index in [0.29, 0.717) is 12.1 Å². The highest BCUT2D eigenvalue weighted by Crippen LogP contribution is 2.33. The molecule has 0 saturated carbocycles. The molecule has 0 aliphatic heterocycles. The van der Waals surface area contributed by atoms with Crippen molar-refractivity contribution in [1.29, 1.82) is 0 Å². The molecule has 0 fully saturated rings. The van der Waals surface area contributed by atoms with Crippen LogP contribution in [0.1, 0.15) is 28.4 Å². The number of carbonyl (C=O) groups is 1. The highest BCUT2D eigenvalue weighted by molar-refractivity contribution is 7.99. The molecular weight excluding hydrogens is 422 g/mol. The second kappa shape index (κ2) is 10.4. The molecule has 7 heteroatoms. The van der Waals surface area contributed by atoms with E-state index in [0.717, 1.165) is 32.5 Å². The highest BCUT2D eigenvalue weighted by Gasteiger charge is 2.22. The van der Waals surface area contributed by atoms with Crippen LogP contribution in [-0.2, 0) is 0 Å². The number of aryl methyl sites for hydroxylation is 2. The number of benzene rings is 2. The quantitative estimate of drug-likeness (QED) is 0.436. The average Bonchev–Trinajstić information content (AvgIpc) is 3.06. The zero-order valence-corrected chi connectivity index (χ0v) is 20.0. The first-order valence-corrected chi connectivity index (χ1v) is 11.3. The van der Waals surface area contributed by atoms with E-state index in [1.165, 1.54) is 11.1 Å². The van der Waals surface area contributed by atoms with E-state index in [1.807, 2.05) is 37.2 Å². The molecule has 1 amide bonds. The van der Waals surface area contributed by atoms with Gasteiger partial charge in [0.1, 0.15) is 0 Å². The van der Waals surface area contributed by atoms with Crippen molar-refractivity contribution in [2.24, 2.45) is 0 Å². The van der Waals surface area contributed by atoms with Gasteiger partial charge in [-0.25, -0.2) is 4.98 Å². The van der Waals surface area contributed by atoms with Gasteiger partial charge in [0.2, 0.25) is 0 Å². The maximum Gasteiger partial charge on any atom is 0.260 e. The molecule has 0 bridgehead atoms. The summed E-state index contributed by atoms with van der Waals surface area (Å²) in [5.74, 6) is 0.993. The first-order valence-electron chi connectivity index (χ1n) is 9.46. The number of aromatic nitrogens is 1. The Kier molecular flexibility index (Phi) is 8.52. The molecule has 0 saturated heterocycles. The van der Waals surface area contributed by atoms with Gasteiger partial charge in [-0.3, -0.25) is 9.69 Å². The number of fused-ring (bicyclic) bond motifs is 1. The fraction of sp³-hybridized carbons (Fsp3) is 0.364. The number of nitrogens with zero attached hydrogens (tertiary/aromatic N) is 3. The van der Waals surface area contributed by atoms with Crippen molar-refractivity contribution in [3.63, 3.8) is 0 Å². The smallest absolute Gasteiger partial charge is 0.260 e. The Hall–Kier alpha value is -1.60. The minimum Gasteiger partial charge on any atom is -0.308 e. The van der Waals surface area contributed by atoms with Gasteiger partial charge in [0.05, 0.1) is 10.2 Å². The number of thiazole rings is 1. The van der Waals surface area contributed by atoms with E-state index < -0.39 is 0 Å². The Labute approximate surface area is 187 Å². The summed E-state index contributed by atoms with van der Waals surface area (Å²) < 4.78 is 1.15. The summed E-state index contributed by atoms with van der Waals surface area (Å²) in [4.78, 5) is 23.3. The summed E-state index contributed by atoms with van der Waals surface area (Å²) in [6.07, 6.45) is 0. The topological polar surface area (TPSA) is 36.4 Å². The maximum atomic E-state index is 13.4. The molecule has 0 aliphatic carbocycles. The zero-order valence-electron chi connectivity index (χ0n) is 17.6. The van der Waals surface area contributed by atoms with Crippen LogP contribution in [0.15, 0.2) is 41.3 Å². The lowest BCUT2D eigenvalue weighted by atomic mass is 10.1. The van der Waals surface area contributed by atoms with Gasteiger partial charge in [-0.1, -0.05) is 30.4 Å². The Bertz CT molecular complexity index is 987. The SMILES string of the molecule is CCSc1cccc(C(=O)N(CCN(C)C)c2nc3cc(C)cc(C)c3s2)c1.Cl. The molecule has 1 heterocycles. The molecule has 4 nitrogen and oxygen atoms in total. The van der Waals surface area contributed by atoms with Crippen LogP contribution in [0.2, 0.25) is 0 Å². The Balaban J connectivity index is 0.00000300. The summed E-state index contributed by atoms with van der Waals surface area (Å²) in [5, 5.41) is 0.768. The van der Waals surface area contributed by atoms with Crippen molar-refractivity contribution in [2.45, 2.75) is 25.7 Å². The van der Waals surface area contributed by atoms with E-state index in [1.54, 1.807) is 23.1 Å². The number of anilines is 1. The van der Waals surface area contributed by atoms with Gasteiger partial charge < -0.3 is 4.90 Å². The van der Waals surface area contributed by atoms with E-state index in [2.05, 4.69) is 43.9 Å². The zero-order chi connectivity index (χ0) is 20.3. The predicted molar refractivity (Wildman–Crippen MR) is 129 cm³/mol. The fourth-order valence-electron chi connectivity index (χ4n) is 3.11. The molecule has 0 radical (unpaired) electrons. The molecule has 156 valence electrons. The monoisotopic (exact) mass is 449 g/mol. The van der Waals surface area contributed by atoms with Crippen LogP contribution in [0.5, 0.6) is 0 Å². The minimum atomic E-state index is 0. The second-order valence-corrected chi connectivity index (χ2v) is 9.46. The van der Waals surface area contributed by atoms with Gasteiger partial charge in [-0.2, -0.15) is 0 Å². The van der Waals surface area contributed by atoms with Crippen LogP contribution in [0.4, 0.5) is 5.13 Å². The lowest BCUT2D eigenvalue weighted by Crippen LogP contribution is -2.36. The maximum absolute atomic E-state index is 13.4. The molecule has 0 atom stereocenters. The van der Waals surface area contributed by atoms with Crippen molar-refractivity contribution in [1.82, 2.24) is 9.88 Å². The lowest BCUT2D eigenvalue weighted by Gasteiger charge is -2.22. The first kappa shape index (κ1) is 23.7. The molecule has 3 aromatic rings. The van der Waals surface area contributed by atoms with Crippen LogP contribution < -0.4 is 4.90 Å². The number of thioether (sulfide) groups is 1. The summed E-state index contributed by atoms with van der Waals surface area (Å²) in [7, 11) is 4.04. The number of likely N-dealkylation sites (N-methyl/N-ethyl adjacent to an activating group) is 1. The normalized spacial score (nSPS) is 11.0. The number of amides is 1. The van der Waals surface area contributed by atoms with E-state index in [9.17, 15) is 4.79 Å². The minimum absolute atomic E-state index is 0. The summed E-state index contributed by atoms with van der Waals surface area (Å²) >= 11 is 3.35. The summed E-state index contributed by atoms with van der Waals surface area (Å²) in [6.45, 7) is 7.69. The summed E-state index contributed by atoms with van der Waals surface area (Å²) in [6, 6.07) is 12.2. The Morgan fingerprint density at radius 2 is 1.90 bits per heavy atom. The predicted octanol–water partition coefficient (Wildman–Crippen LogP) is 5.66. The van der Waals surface area contributed by atoms with Gasteiger partial charge in [0.25, 0.3) is 5.91 Å². The molecule has 0 N–H and O–H groups in total. The van der Waals surface area contributed by atoms with Crippen LogP contribution in [0.25, 0.3) is 10.2 Å². The third-order valence-corrected chi connectivity index (χ3v) is 6.55. The van der Waals surface area contributed by atoms with Crippen molar-refractivity contribution in [3.05, 3.63) is 53.1 Å². The Morgan fingerprint density at radius 1 is 1.14 bits per heavy atom. The molecule has 0 aliphatic rings. The highest BCUT2D eigenvalue weighted by atomic mass is 35.5. The lowest BCUT2D eigenvalue weighted by molar-refractivity contribution is 0.0985. The molecule has 29 heavy (non-hydrogen) atoms. The average molecular weight is 450 g/mol. The fourth-order valence-corrected chi connectivity index (χ4v) is 4.86. The van der Waals surface area contributed by atoms with Crippen molar-refractivity contribution >= 4 is 56.8 Å². The van der Waals surface area contributed by atoms with Crippen LogP contribution >= 0.6 is 35.5 Å². The number of halogens is 1. The third-order valence-electron chi connectivity index (χ3n) is 4.45. The Morgan fingerprint density at radius 3 is 2.59 bits per heavy atom. The number of hydrogen-bond donors (Lipinski definition) is 0. The molecule has 1 aromatic heterocycles. The molecular formula is C22H28ClN3OS2. The number of rotatable bonds is 7. The van der Waals surface area contributed by atoms with Crippen LogP contribution in [0, 0.1) is 13.8 Å². The van der Waals surface area contributed by atoms with Gasteiger partial charge in [-0.05, 0) is 69.1 Å². The molecule has 2 aromatic carbocycles. The van der Waals surface area contributed by atoms with Gasteiger partial charge >= 0.3 is 0 Å². The number of carbonyl (C=O) groups excluding carboxylic acids is 1. The standard InChI is InChI=1S/C22H27N3OS2.ClH/c1-6-27-18-9-7-8-17(14-18)21(26)25(11-10-24(4)5)22-23-19-13-15(2)12-16(3)20(19)28-22;/h7-9,12-14H,6,10-11H2,1-5H3;1H. The number of hydrogen-bond acceptors (Lipinski definition) is 5. The summed E-state index contributed by atoms with van der Waals surface area (Å²) in [5.41, 5.74) is 4.08. The van der Waals surface area contributed by atoms with Crippen LogP contribution in [-0.4, -0.2) is 48.7 Å². The first-order chi connectivity index (χ1) is 13.4. The molecule has 0 spiro atoms. The largest absolute Gasteiger partial charge is 0.308 e. The van der Waals surface area contributed by atoms with Gasteiger partial charge in [0.15, 0.2) is 5.13 Å². The van der Waals surface area contributed by atoms with E-state index >= 15 is 0 Å². The molecule has 0 unspecified atom stereocenters. The van der Waals surface area contributed by atoms with E-state index in [4.69, 9.17) is 4.98 Å². The third kappa shape index (κ3) is 5.72. The van der Waals surface area contributed by atoms with Gasteiger partial charge in [-0.15, -0.1) is 24.2 Å². The second-order valence-electron chi connectivity index (χ2n) is 7.15. The van der Waals surface area contributed by atoms with E-state index in [-0.39, 0.29) is 18.3 Å². The van der Waals surface area contributed by atoms with Crippen LogP contribution in [0.3, 0.4) is 0 Å².